The van der Waals surface area contributed by atoms with Gasteiger partial charge in [-0.3, -0.25) is 0 Å². The van der Waals surface area contributed by atoms with E-state index in [4.69, 9.17) is 4.74 Å². The van der Waals surface area contributed by atoms with Crippen LogP contribution >= 0.6 is 0 Å². The Morgan fingerprint density at radius 1 is 1.53 bits per heavy atom. The Kier molecular flexibility index (Phi) is 2.35. The van der Waals surface area contributed by atoms with Crippen LogP contribution in [0.2, 0.25) is 0 Å². The lowest BCUT2D eigenvalue weighted by atomic mass is 10.2. The minimum atomic E-state index is -0.275. The molecule has 2 heterocycles. The molecule has 0 aliphatic carbocycles. The van der Waals surface area contributed by atoms with Crippen LogP contribution in [-0.2, 0) is 17.7 Å². The first-order chi connectivity index (χ1) is 8.29. The summed E-state index contributed by atoms with van der Waals surface area (Å²) in [6.45, 7) is 3.24. The molecule has 0 N–H and O–H groups in total. The fourth-order valence-corrected chi connectivity index (χ4v) is 2.36. The van der Waals surface area contributed by atoms with E-state index in [9.17, 15) is 4.79 Å². The molecule has 0 fully saturated rings. The fourth-order valence-electron chi connectivity index (χ4n) is 2.36. The molecule has 1 aromatic carbocycles. The Morgan fingerprint density at radius 3 is 3.24 bits per heavy atom. The number of rotatable bonds is 2. The minimum absolute atomic E-state index is 0.275. The van der Waals surface area contributed by atoms with Crippen LogP contribution in [0, 0.1) is 0 Å². The van der Waals surface area contributed by atoms with Crippen LogP contribution in [0.15, 0.2) is 18.2 Å². The van der Waals surface area contributed by atoms with Crippen molar-refractivity contribution >= 4 is 17.0 Å². The normalized spacial score (nSPS) is 13.9. The van der Waals surface area contributed by atoms with Gasteiger partial charge in [-0.25, -0.2) is 9.78 Å². The third-order valence-electron chi connectivity index (χ3n) is 3.12. The number of aromatic nitrogens is 2. The zero-order valence-corrected chi connectivity index (χ0v) is 9.77. The number of aryl methyl sites for hydroxylation is 2. The summed E-state index contributed by atoms with van der Waals surface area (Å²) in [5.41, 5.74) is 2.59. The highest BCUT2D eigenvalue weighted by Gasteiger charge is 2.17. The van der Waals surface area contributed by atoms with Crippen molar-refractivity contribution in [3.63, 3.8) is 0 Å². The molecule has 0 saturated heterocycles. The molecule has 4 nitrogen and oxygen atoms in total. The summed E-state index contributed by atoms with van der Waals surface area (Å²) < 4.78 is 7.21. The van der Waals surface area contributed by atoms with Crippen molar-refractivity contribution in [2.75, 3.05) is 6.61 Å². The van der Waals surface area contributed by atoms with Gasteiger partial charge < -0.3 is 9.30 Å². The second-order valence-electron chi connectivity index (χ2n) is 4.21. The molecule has 3 rings (SSSR count). The van der Waals surface area contributed by atoms with Crippen LogP contribution in [-0.4, -0.2) is 22.1 Å². The Labute approximate surface area is 99.2 Å². The molecule has 0 amide bonds. The summed E-state index contributed by atoms with van der Waals surface area (Å²) in [5.74, 6) is 0.851. The third-order valence-corrected chi connectivity index (χ3v) is 3.12. The predicted octanol–water partition coefficient (Wildman–Crippen LogP) is 2.16. The Morgan fingerprint density at radius 2 is 2.41 bits per heavy atom. The van der Waals surface area contributed by atoms with Gasteiger partial charge in [-0.15, -0.1) is 0 Å². The smallest absolute Gasteiger partial charge is 0.338 e. The molecule has 4 heteroatoms. The number of fused-ring (bicyclic) bond motifs is 3. The standard InChI is InChI=1S/C13H14N2O2/c1-2-17-13(16)9-5-6-11-10(8-9)14-12-4-3-7-15(11)12/h5-6,8H,2-4,7H2,1H3. The van der Waals surface area contributed by atoms with E-state index in [0.717, 1.165) is 36.2 Å². The van der Waals surface area contributed by atoms with Crippen LogP contribution in [0.1, 0.15) is 29.5 Å². The van der Waals surface area contributed by atoms with E-state index < -0.39 is 0 Å². The molecule has 0 atom stereocenters. The molecule has 88 valence electrons. The largest absolute Gasteiger partial charge is 0.462 e. The average molecular weight is 230 g/mol. The van der Waals surface area contributed by atoms with Crippen LogP contribution in [0.4, 0.5) is 0 Å². The van der Waals surface area contributed by atoms with Crippen LogP contribution in [0.25, 0.3) is 11.0 Å². The lowest BCUT2D eigenvalue weighted by Gasteiger charge is -2.02. The third kappa shape index (κ3) is 1.60. The number of esters is 1. The first-order valence-corrected chi connectivity index (χ1v) is 5.96. The zero-order valence-electron chi connectivity index (χ0n) is 9.77. The van der Waals surface area contributed by atoms with E-state index in [-0.39, 0.29) is 5.97 Å². The number of hydrogen-bond donors (Lipinski definition) is 0. The van der Waals surface area contributed by atoms with Crippen molar-refractivity contribution in [2.24, 2.45) is 0 Å². The van der Waals surface area contributed by atoms with Gasteiger partial charge in [0.15, 0.2) is 0 Å². The van der Waals surface area contributed by atoms with Gasteiger partial charge in [-0.2, -0.15) is 0 Å². The molecule has 1 aliphatic heterocycles. The minimum Gasteiger partial charge on any atom is -0.462 e. The molecule has 17 heavy (non-hydrogen) atoms. The zero-order chi connectivity index (χ0) is 11.8. The summed E-state index contributed by atoms with van der Waals surface area (Å²) >= 11 is 0. The SMILES string of the molecule is CCOC(=O)c1ccc2c(c1)nc1n2CCC1. The Hall–Kier alpha value is -1.84. The topological polar surface area (TPSA) is 44.1 Å². The highest BCUT2D eigenvalue weighted by Crippen LogP contribution is 2.23. The number of carbonyl (C=O) groups excluding carboxylic acids is 1. The average Bonchev–Trinajstić information content (AvgIpc) is 2.88. The number of ether oxygens (including phenoxy) is 1. The lowest BCUT2D eigenvalue weighted by molar-refractivity contribution is 0.0526. The Bertz CT molecular complexity index is 586. The summed E-state index contributed by atoms with van der Waals surface area (Å²) in [6, 6.07) is 5.59. The number of imidazole rings is 1. The second kappa shape index (κ2) is 3.87. The first-order valence-electron chi connectivity index (χ1n) is 5.96. The van der Waals surface area contributed by atoms with Gasteiger partial charge >= 0.3 is 5.97 Å². The van der Waals surface area contributed by atoms with Gasteiger partial charge in [0.1, 0.15) is 5.82 Å². The van der Waals surface area contributed by atoms with Gasteiger partial charge in [0.25, 0.3) is 0 Å². The van der Waals surface area contributed by atoms with Crippen molar-refractivity contribution in [2.45, 2.75) is 26.3 Å². The van der Waals surface area contributed by atoms with E-state index in [1.807, 2.05) is 25.1 Å². The number of nitrogens with zero attached hydrogens (tertiary/aromatic N) is 2. The van der Waals surface area contributed by atoms with Gasteiger partial charge in [0.05, 0.1) is 23.2 Å². The Balaban J connectivity index is 2.05. The van der Waals surface area contributed by atoms with Gasteiger partial charge in [-0.1, -0.05) is 0 Å². The maximum atomic E-state index is 11.6. The maximum Gasteiger partial charge on any atom is 0.338 e. The van der Waals surface area contributed by atoms with Crippen molar-refractivity contribution in [3.8, 4) is 0 Å². The van der Waals surface area contributed by atoms with Gasteiger partial charge in [0, 0.05) is 13.0 Å². The maximum absolute atomic E-state index is 11.6. The van der Waals surface area contributed by atoms with Gasteiger partial charge in [-0.05, 0) is 31.5 Å². The highest BCUT2D eigenvalue weighted by molar-refractivity contribution is 5.93. The van der Waals surface area contributed by atoms with Crippen LogP contribution in [0.5, 0.6) is 0 Å². The van der Waals surface area contributed by atoms with E-state index in [1.54, 1.807) is 0 Å². The van der Waals surface area contributed by atoms with Gasteiger partial charge in [0.2, 0.25) is 0 Å². The van der Waals surface area contributed by atoms with Crippen molar-refractivity contribution in [1.29, 1.82) is 0 Å². The summed E-state index contributed by atoms with van der Waals surface area (Å²) in [5, 5.41) is 0. The van der Waals surface area contributed by atoms with Crippen molar-refractivity contribution < 1.29 is 9.53 Å². The molecule has 0 saturated carbocycles. The summed E-state index contributed by atoms with van der Waals surface area (Å²) in [6.07, 6.45) is 2.20. The molecule has 1 aliphatic rings. The molecule has 2 aromatic rings. The molecular formula is C13H14N2O2. The predicted molar refractivity (Wildman–Crippen MR) is 64.0 cm³/mol. The van der Waals surface area contributed by atoms with Crippen LogP contribution in [0.3, 0.4) is 0 Å². The molecule has 0 spiro atoms. The number of hydrogen-bond acceptors (Lipinski definition) is 3. The lowest BCUT2D eigenvalue weighted by Crippen LogP contribution is -2.04. The van der Waals surface area contributed by atoms with Crippen molar-refractivity contribution in [3.05, 3.63) is 29.6 Å². The summed E-state index contributed by atoms with van der Waals surface area (Å²) in [7, 11) is 0. The van der Waals surface area contributed by atoms with E-state index in [0.29, 0.717) is 12.2 Å². The first kappa shape index (κ1) is 10.3. The monoisotopic (exact) mass is 230 g/mol. The molecule has 0 unspecified atom stereocenters. The van der Waals surface area contributed by atoms with E-state index >= 15 is 0 Å². The van der Waals surface area contributed by atoms with Crippen LogP contribution < -0.4 is 0 Å². The van der Waals surface area contributed by atoms with Crippen molar-refractivity contribution in [1.82, 2.24) is 9.55 Å². The molecule has 1 aromatic heterocycles. The molecule has 0 bridgehead atoms. The van der Waals surface area contributed by atoms with E-state index in [1.165, 1.54) is 0 Å². The summed E-state index contributed by atoms with van der Waals surface area (Å²) in [4.78, 5) is 16.2. The van der Waals surface area contributed by atoms with E-state index in [2.05, 4.69) is 9.55 Å². The number of carbonyl (C=O) groups is 1. The fraction of sp³-hybridized carbons (Fsp3) is 0.385. The highest BCUT2D eigenvalue weighted by atomic mass is 16.5. The molecule has 0 radical (unpaired) electrons. The quantitative estimate of drug-likeness (QED) is 0.742. The second-order valence-corrected chi connectivity index (χ2v) is 4.21. The molecular weight excluding hydrogens is 216 g/mol. The number of benzene rings is 1.